The highest BCUT2D eigenvalue weighted by atomic mass is 32.2. The average Bonchev–Trinajstić information content (AvgIpc) is 2.99. The number of thioether (sulfide) groups is 1. The molecule has 1 aliphatic rings. The van der Waals surface area contributed by atoms with Gasteiger partial charge >= 0.3 is 0 Å². The fraction of sp³-hybridized carbons (Fsp3) is 0.684. The minimum Gasteiger partial charge on any atom is -0.356 e. The van der Waals surface area contributed by atoms with Crippen LogP contribution < -0.4 is 4.90 Å². The van der Waals surface area contributed by atoms with Gasteiger partial charge in [0.05, 0.1) is 5.39 Å². The van der Waals surface area contributed by atoms with Crippen molar-refractivity contribution in [2.75, 3.05) is 24.2 Å². The number of nitrogens with zero attached hydrogens (tertiary/aromatic N) is 3. The van der Waals surface area contributed by atoms with Crippen molar-refractivity contribution in [2.45, 2.75) is 70.4 Å². The third-order valence-electron chi connectivity index (χ3n) is 4.82. The molecule has 0 amide bonds. The van der Waals surface area contributed by atoms with E-state index in [4.69, 9.17) is 9.97 Å². The molecular weight excluding hydrogens is 334 g/mol. The molecule has 0 saturated heterocycles. The maximum Gasteiger partial charge on any atom is 0.190 e. The second-order valence-electron chi connectivity index (χ2n) is 6.62. The summed E-state index contributed by atoms with van der Waals surface area (Å²) in [6, 6.07) is 0. The summed E-state index contributed by atoms with van der Waals surface area (Å²) in [6.07, 6.45) is 12.1. The number of aryl methyl sites for hydroxylation is 2. The molecule has 0 fully saturated rings. The second kappa shape index (κ2) is 8.52. The summed E-state index contributed by atoms with van der Waals surface area (Å²) >= 11 is 3.58. The summed E-state index contributed by atoms with van der Waals surface area (Å²) in [5, 5.41) is 2.30. The van der Waals surface area contributed by atoms with Crippen molar-refractivity contribution in [2.24, 2.45) is 0 Å². The van der Waals surface area contributed by atoms with Gasteiger partial charge in [-0.1, -0.05) is 38.5 Å². The van der Waals surface area contributed by atoms with E-state index in [0.29, 0.717) is 0 Å². The van der Waals surface area contributed by atoms with Gasteiger partial charge in [0, 0.05) is 18.0 Å². The van der Waals surface area contributed by atoms with Crippen LogP contribution in [0.4, 0.5) is 5.82 Å². The molecule has 5 heteroatoms. The Balaban J connectivity index is 2.09. The SMILES string of the molecule is CCCCN(CCCC)c1nc(SC)nc2sc3c(c12)CCCC3. The van der Waals surface area contributed by atoms with Gasteiger partial charge in [0.2, 0.25) is 0 Å². The summed E-state index contributed by atoms with van der Waals surface area (Å²) < 4.78 is 0. The first-order valence-corrected chi connectivity index (χ1v) is 11.4. The van der Waals surface area contributed by atoms with E-state index < -0.39 is 0 Å². The van der Waals surface area contributed by atoms with E-state index in [-0.39, 0.29) is 0 Å². The smallest absolute Gasteiger partial charge is 0.190 e. The number of thiophene rings is 1. The minimum atomic E-state index is 0.925. The third-order valence-corrected chi connectivity index (χ3v) is 6.55. The lowest BCUT2D eigenvalue weighted by Crippen LogP contribution is -2.27. The number of anilines is 1. The molecule has 24 heavy (non-hydrogen) atoms. The molecule has 0 aromatic carbocycles. The fourth-order valence-corrected chi connectivity index (χ4v) is 5.13. The van der Waals surface area contributed by atoms with Crippen molar-refractivity contribution in [3.63, 3.8) is 0 Å². The van der Waals surface area contributed by atoms with Crippen LogP contribution in [-0.2, 0) is 12.8 Å². The lowest BCUT2D eigenvalue weighted by atomic mass is 9.97. The zero-order valence-corrected chi connectivity index (χ0v) is 16.9. The molecule has 0 atom stereocenters. The predicted molar refractivity (Wildman–Crippen MR) is 108 cm³/mol. The summed E-state index contributed by atoms with van der Waals surface area (Å²) in [6.45, 7) is 6.77. The van der Waals surface area contributed by atoms with E-state index in [0.717, 1.165) is 18.2 Å². The number of hydrogen-bond donors (Lipinski definition) is 0. The maximum atomic E-state index is 4.99. The van der Waals surface area contributed by atoms with E-state index >= 15 is 0 Å². The van der Waals surface area contributed by atoms with Gasteiger partial charge in [0.15, 0.2) is 5.16 Å². The summed E-state index contributed by atoms with van der Waals surface area (Å²) in [4.78, 5) is 15.2. The van der Waals surface area contributed by atoms with Gasteiger partial charge in [-0.2, -0.15) is 0 Å². The molecular formula is C19H29N3S2. The Bertz CT molecular complexity index is 673. The first kappa shape index (κ1) is 18.0. The van der Waals surface area contributed by atoms with Gasteiger partial charge in [0.1, 0.15) is 10.6 Å². The van der Waals surface area contributed by atoms with Crippen molar-refractivity contribution in [3.8, 4) is 0 Å². The average molecular weight is 364 g/mol. The van der Waals surface area contributed by atoms with Crippen LogP contribution in [-0.4, -0.2) is 29.3 Å². The number of aromatic nitrogens is 2. The van der Waals surface area contributed by atoms with Gasteiger partial charge in [-0.3, -0.25) is 0 Å². The Morgan fingerprint density at radius 1 is 1.04 bits per heavy atom. The molecule has 0 bridgehead atoms. The zero-order valence-electron chi connectivity index (χ0n) is 15.2. The molecule has 2 aromatic heterocycles. The molecule has 3 nitrogen and oxygen atoms in total. The highest BCUT2D eigenvalue weighted by molar-refractivity contribution is 7.98. The summed E-state index contributed by atoms with van der Waals surface area (Å²) in [5.41, 5.74) is 1.56. The van der Waals surface area contributed by atoms with E-state index in [9.17, 15) is 0 Å². The molecule has 0 radical (unpaired) electrons. The van der Waals surface area contributed by atoms with Crippen LogP contribution in [0.2, 0.25) is 0 Å². The van der Waals surface area contributed by atoms with Crippen LogP contribution in [0.1, 0.15) is 62.8 Å². The molecule has 0 N–H and O–H groups in total. The van der Waals surface area contributed by atoms with Crippen LogP contribution in [0.15, 0.2) is 5.16 Å². The highest BCUT2D eigenvalue weighted by Gasteiger charge is 2.23. The van der Waals surface area contributed by atoms with Crippen molar-refractivity contribution < 1.29 is 0 Å². The molecule has 1 aliphatic carbocycles. The Morgan fingerprint density at radius 2 is 1.75 bits per heavy atom. The quantitative estimate of drug-likeness (QED) is 0.444. The van der Waals surface area contributed by atoms with Crippen molar-refractivity contribution in [3.05, 3.63) is 10.4 Å². The van der Waals surface area contributed by atoms with Gasteiger partial charge in [-0.25, -0.2) is 9.97 Å². The molecule has 0 spiro atoms. The monoisotopic (exact) mass is 363 g/mol. The van der Waals surface area contributed by atoms with Crippen LogP contribution in [0.5, 0.6) is 0 Å². The largest absolute Gasteiger partial charge is 0.356 e. The fourth-order valence-electron chi connectivity index (χ4n) is 3.46. The number of rotatable bonds is 8. The van der Waals surface area contributed by atoms with Gasteiger partial charge in [-0.05, 0) is 50.3 Å². The van der Waals surface area contributed by atoms with Gasteiger partial charge in [-0.15, -0.1) is 11.3 Å². The normalized spacial score (nSPS) is 14.1. The maximum absolute atomic E-state index is 4.99. The number of fused-ring (bicyclic) bond motifs is 3. The first-order valence-electron chi connectivity index (χ1n) is 9.39. The molecule has 2 heterocycles. The third kappa shape index (κ3) is 3.72. The first-order chi connectivity index (χ1) is 11.8. The highest BCUT2D eigenvalue weighted by Crippen LogP contribution is 2.40. The lowest BCUT2D eigenvalue weighted by molar-refractivity contribution is 0.668. The van der Waals surface area contributed by atoms with Gasteiger partial charge in [0.25, 0.3) is 0 Å². The predicted octanol–water partition coefficient (Wildman–Crippen LogP) is 5.70. The molecule has 3 rings (SSSR count). The Kier molecular flexibility index (Phi) is 6.39. The molecule has 2 aromatic rings. The van der Waals surface area contributed by atoms with E-state index in [1.165, 1.54) is 67.4 Å². The number of hydrogen-bond acceptors (Lipinski definition) is 5. The molecule has 0 aliphatic heterocycles. The van der Waals surface area contributed by atoms with Crippen molar-refractivity contribution >= 4 is 39.1 Å². The van der Waals surface area contributed by atoms with Crippen LogP contribution >= 0.6 is 23.1 Å². The molecule has 0 unspecified atom stereocenters. The van der Waals surface area contributed by atoms with E-state index in [1.807, 2.05) is 11.3 Å². The standard InChI is InChI=1S/C19H29N3S2/c1-4-6-12-22(13-7-5-2)17-16-14-10-8-9-11-15(14)24-18(16)21-19(20-17)23-3/h4-13H2,1-3H3. The van der Waals surface area contributed by atoms with Gasteiger partial charge < -0.3 is 4.90 Å². The topological polar surface area (TPSA) is 29.0 Å². The summed E-state index contributed by atoms with van der Waals surface area (Å²) in [7, 11) is 0. The number of unbranched alkanes of at least 4 members (excludes halogenated alkanes) is 2. The van der Waals surface area contributed by atoms with Crippen LogP contribution in [0.3, 0.4) is 0 Å². The molecule has 0 saturated carbocycles. The van der Waals surface area contributed by atoms with E-state index in [2.05, 4.69) is 25.0 Å². The Labute approximate surface area is 154 Å². The van der Waals surface area contributed by atoms with E-state index in [1.54, 1.807) is 22.2 Å². The second-order valence-corrected chi connectivity index (χ2v) is 8.48. The van der Waals surface area contributed by atoms with Crippen molar-refractivity contribution in [1.29, 1.82) is 0 Å². The van der Waals surface area contributed by atoms with Crippen LogP contribution in [0, 0.1) is 0 Å². The molecule has 132 valence electrons. The van der Waals surface area contributed by atoms with Crippen LogP contribution in [0.25, 0.3) is 10.2 Å². The zero-order chi connectivity index (χ0) is 16.9. The summed E-state index contributed by atoms with van der Waals surface area (Å²) in [5.74, 6) is 1.21. The Morgan fingerprint density at radius 3 is 2.42 bits per heavy atom. The minimum absolute atomic E-state index is 0.925. The lowest BCUT2D eigenvalue weighted by Gasteiger charge is -2.25. The Hall–Kier alpha value is -0.810. The van der Waals surface area contributed by atoms with Crippen molar-refractivity contribution in [1.82, 2.24) is 9.97 Å².